The van der Waals surface area contributed by atoms with E-state index in [-0.39, 0.29) is 11.8 Å². The molecular formula is C22H21FN6O3. The van der Waals surface area contributed by atoms with Crippen molar-refractivity contribution in [1.82, 2.24) is 24.5 Å². The van der Waals surface area contributed by atoms with Gasteiger partial charge in [0.2, 0.25) is 0 Å². The van der Waals surface area contributed by atoms with E-state index < -0.39 is 11.8 Å². The largest absolute Gasteiger partial charge is 0.465 e. The predicted molar refractivity (Wildman–Crippen MR) is 116 cm³/mol. The Hall–Kier alpha value is -4.08. The van der Waals surface area contributed by atoms with E-state index in [1.165, 1.54) is 19.4 Å². The molecule has 0 spiro atoms. The summed E-state index contributed by atoms with van der Waals surface area (Å²) >= 11 is 0. The van der Waals surface area contributed by atoms with Crippen LogP contribution in [0.3, 0.4) is 0 Å². The van der Waals surface area contributed by atoms with Crippen molar-refractivity contribution in [3.63, 3.8) is 0 Å². The Morgan fingerprint density at radius 1 is 1.16 bits per heavy atom. The van der Waals surface area contributed by atoms with E-state index in [1.807, 2.05) is 6.92 Å². The quantitative estimate of drug-likeness (QED) is 0.439. The number of fused-ring (bicyclic) bond motifs is 1. The van der Waals surface area contributed by atoms with Crippen LogP contribution in [-0.2, 0) is 11.3 Å². The minimum atomic E-state index is -0.491. The normalized spacial score (nSPS) is 11.0. The number of carbonyl (C=O) groups is 1. The highest BCUT2D eigenvalue weighted by atomic mass is 19.1. The van der Waals surface area contributed by atoms with Gasteiger partial charge in [0.15, 0.2) is 17.0 Å². The average Bonchev–Trinajstić information content (AvgIpc) is 3.16. The smallest absolute Gasteiger partial charge is 0.337 e. The first-order valence-electron chi connectivity index (χ1n) is 9.95. The third-order valence-electron chi connectivity index (χ3n) is 4.72. The maximum Gasteiger partial charge on any atom is 0.337 e. The molecule has 0 aliphatic rings. The summed E-state index contributed by atoms with van der Waals surface area (Å²) in [5.41, 5.74) is 8.70. The van der Waals surface area contributed by atoms with Gasteiger partial charge in [-0.05, 0) is 30.2 Å². The number of anilines is 1. The number of hydrogen-bond acceptors (Lipinski definition) is 8. The highest BCUT2D eigenvalue weighted by Gasteiger charge is 2.19. The summed E-state index contributed by atoms with van der Waals surface area (Å²) < 4.78 is 26.0. The van der Waals surface area contributed by atoms with E-state index in [4.69, 9.17) is 15.2 Å². The van der Waals surface area contributed by atoms with E-state index in [9.17, 15) is 9.18 Å². The molecule has 0 saturated carbocycles. The summed E-state index contributed by atoms with van der Waals surface area (Å²) in [6.07, 6.45) is 3.42. The first-order valence-corrected chi connectivity index (χ1v) is 9.95. The highest BCUT2D eigenvalue weighted by Crippen LogP contribution is 2.28. The fourth-order valence-corrected chi connectivity index (χ4v) is 3.21. The van der Waals surface area contributed by atoms with Crippen LogP contribution in [-0.4, -0.2) is 44.2 Å². The molecule has 164 valence electrons. The van der Waals surface area contributed by atoms with Gasteiger partial charge in [-0.1, -0.05) is 19.1 Å². The van der Waals surface area contributed by atoms with E-state index in [1.54, 1.807) is 28.8 Å². The Bertz CT molecular complexity index is 1270. The topological polar surface area (TPSA) is 118 Å². The standard InChI is InChI=1S/C22H21FN6O3/c1-3-8-32-22-27-18(24)17-20(28-22)29(19(26-17)15-9-16(23)11-25-10-15)12-13-4-6-14(7-5-13)21(30)31-2/h4-7,9-11H,3,8,12H2,1-2H3,(H2,24,27,28). The number of rotatable bonds is 7. The van der Waals surface area contributed by atoms with Gasteiger partial charge < -0.3 is 19.8 Å². The molecule has 4 rings (SSSR count). The zero-order valence-electron chi connectivity index (χ0n) is 17.6. The van der Waals surface area contributed by atoms with Gasteiger partial charge in [-0.25, -0.2) is 14.2 Å². The first kappa shape index (κ1) is 21.2. The van der Waals surface area contributed by atoms with Gasteiger partial charge in [-0.15, -0.1) is 0 Å². The molecule has 2 N–H and O–H groups in total. The van der Waals surface area contributed by atoms with Gasteiger partial charge in [0.1, 0.15) is 11.6 Å². The van der Waals surface area contributed by atoms with Crippen molar-refractivity contribution in [2.75, 3.05) is 19.5 Å². The second kappa shape index (κ2) is 8.96. The van der Waals surface area contributed by atoms with Gasteiger partial charge >= 0.3 is 12.0 Å². The lowest BCUT2D eigenvalue weighted by Gasteiger charge is -2.10. The van der Waals surface area contributed by atoms with Gasteiger partial charge in [0, 0.05) is 11.8 Å². The molecule has 32 heavy (non-hydrogen) atoms. The van der Waals surface area contributed by atoms with Crippen LogP contribution in [0.25, 0.3) is 22.6 Å². The zero-order chi connectivity index (χ0) is 22.7. The number of halogens is 1. The van der Waals surface area contributed by atoms with Gasteiger partial charge in [0.05, 0.1) is 32.0 Å². The number of methoxy groups -OCH3 is 1. The molecule has 9 nitrogen and oxygen atoms in total. The second-order valence-electron chi connectivity index (χ2n) is 7.01. The Labute approximate surface area is 183 Å². The van der Waals surface area contributed by atoms with Crippen molar-refractivity contribution in [3.8, 4) is 17.4 Å². The van der Waals surface area contributed by atoms with Crippen molar-refractivity contribution in [2.45, 2.75) is 19.9 Å². The van der Waals surface area contributed by atoms with Crippen LogP contribution in [0.1, 0.15) is 29.3 Å². The molecule has 1 aromatic carbocycles. The minimum Gasteiger partial charge on any atom is -0.465 e. The van der Waals surface area contributed by atoms with Gasteiger partial charge in [0.25, 0.3) is 0 Å². The van der Waals surface area contributed by atoms with E-state index >= 15 is 0 Å². The van der Waals surface area contributed by atoms with Crippen LogP contribution in [0.4, 0.5) is 10.2 Å². The molecular weight excluding hydrogens is 415 g/mol. The summed E-state index contributed by atoms with van der Waals surface area (Å²) in [6.45, 7) is 2.74. The summed E-state index contributed by atoms with van der Waals surface area (Å²) in [5, 5.41) is 0. The van der Waals surface area contributed by atoms with Crippen LogP contribution in [0.5, 0.6) is 6.01 Å². The fraction of sp³-hybridized carbons (Fsp3) is 0.227. The highest BCUT2D eigenvalue weighted by molar-refractivity contribution is 5.89. The molecule has 0 amide bonds. The lowest BCUT2D eigenvalue weighted by molar-refractivity contribution is 0.0600. The third kappa shape index (κ3) is 4.20. The van der Waals surface area contributed by atoms with Crippen molar-refractivity contribution < 1.29 is 18.7 Å². The second-order valence-corrected chi connectivity index (χ2v) is 7.01. The van der Waals surface area contributed by atoms with E-state index in [2.05, 4.69) is 19.9 Å². The summed E-state index contributed by atoms with van der Waals surface area (Å²) in [4.78, 5) is 28.9. The number of aromatic nitrogens is 5. The number of esters is 1. The number of ether oxygens (including phenoxy) is 2. The lowest BCUT2D eigenvalue weighted by Crippen LogP contribution is -2.07. The number of carbonyl (C=O) groups excluding carboxylic acids is 1. The molecule has 0 bridgehead atoms. The SMILES string of the molecule is CCCOc1nc(N)c2nc(-c3cncc(F)c3)n(Cc3ccc(C(=O)OC)cc3)c2n1. The van der Waals surface area contributed by atoms with Crippen LogP contribution < -0.4 is 10.5 Å². The average molecular weight is 436 g/mol. The number of nitrogens with zero attached hydrogens (tertiary/aromatic N) is 5. The zero-order valence-corrected chi connectivity index (χ0v) is 17.6. The third-order valence-corrected chi connectivity index (χ3v) is 4.72. The molecule has 0 unspecified atom stereocenters. The predicted octanol–water partition coefficient (Wildman–Crippen LogP) is 3.23. The fourth-order valence-electron chi connectivity index (χ4n) is 3.21. The molecule has 0 atom stereocenters. The van der Waals surface area contributed by atoms with Crippen LogP contribution >= 0.6 is 0 Å². The monoisotopic (exact) mass is 436 g/mol. The summed E-state index contributed by atoms with van der Waals surface area (Å²) in [6, 6.07) is 8.41. The Balaban J connectivity index is 1.84. The summed E-state index contributed by atoms with van der Waals surface area (Å²) in [7, 11) is 1.33. The van der Waals surface area contributed by atoms with Crippen LogP contribution in [0, 0.1) is 5.82 Å². The van der Waals surface area contributed by atoms with Crippen molar-refractivity contribution in [1.29, 1.82) is 0 Å². The number of benzene rings is 1. The molecule has 0 aliphatic heterocycles. The lowest BCUT2D eigenvalue weighted by atomic mass is 10.1. The molecule has 3 aromatic heterocycles. The molecule has 3 heterocycles. The van der Waals surface area contributed by atoms with Gasteiger partial charge in [-0.3, -0.25) is 4.98 Å². The maximum atomic E-state index is 13.9. The number of pyridine rings is 1. The summed E-state index contributed by atoms with van der Waals surface area (Å²) in [5.74, 6) is -0.326. The molecule has 0 fully saturated rings. The molecule has 4 aromatic rings. The van der Waals surface area contributed by atoms with E-state index in [0.29, 0.717) is 41.3 Å². The van der Waals surface area contributed by atoms with Crippen LogP contribution in [0.2, 0.25) is 0 Å². The van der Waals surface area contributed by atoms with E-state index in [0.717, 1.165) is 18.2 Å². The van der Waals surface area contributed by atoms with Crippen molar-refractivity contribution in [2.24, 2.45) is 0 Å². The molecule has 0 aliphatic carbocycles. The van der Waals surface area contributed by atoms with Crippen molar-refractivity contribution >= 4 is 23.0 Å². The Morgan fingerprint density at radius 2 is 1.94 bits per heavy atom. The molecule has 10 heteroatoms. The minimum absolute atomic E-state index is 0.142. The number of imidazole rings is 1. The molecule has 0 radical (unpaired) electrons. The first-order chi connectivity index (χ1) is 15.5. The van der Waals surface area contributed by atoms with Gasteiger partial charge in [-0.2, -0.15) is 9.97 Å². The van der Waals surface area contributed by atoms with Crippen molar-refractivity contribution in [3.05, 3.63) is 59.7 Å². The maximum absolute atomic E-state index is 13.9. The Kier molecular flexibility index (Phi) is 5.93. The number of hydrogen-bond donors (Lipinski definition) is 1. The number of nitrogens with two attached hydrogens (primary N) is 1. The number of nitrogen functional groups attached to an aromatic ring is 1. The Morgan fingerprint density at radius 3 is 2.62 bits per heavy atom. The molecule has 0 saturated heterocycles. The van der Waals surface area contributed by atoms with Crippen LogP contribution in [0.15, 0.2) is 42.7 Å².